The van der Waals surface area contributed by atoms with Gasteiger partial charge < -0.3 is 9.90 Å². The van der Waals surface area contributed by atoms with Crippen molar-refractivity contribution in [3.63, 3.8) is 0 Å². The van der Waals surface area contributed by atoms with Gasteiger partial charge in [-0.25, -0.2) is 0 Å². The van der Waals surface area contributed by atoms with Crippen LogP contribution in [0, 0.1) is 5.92 Å². The lowest BCUT2D eigenvalue weighted by molar-refractivity contribution is -0.111. The third kappa shape index (κ3) is 3.46. The Morgan fingerprint density at radius 3 is 2.57 bits per heavy atom. The summed E-state index contributed by atoms with van der Waals surface area (Å²) in [4.78, 5) is 9.78. The Kier molecular flexibility index (Phi) is 3.61. The lowest BCUT2D eigenvalue weighted by atomic mass is 10.1. The number of aliphatic hydroxyl groups is 1. The smallest absolute Gasteiger partial charge is 0.122 e. The van der Waals surface area contributed by atoms with Crippen molar-refractivity contribution in [2.24, 2.45) is 5.92 Å². The second-order valence-corrected chi connectivity index (χ2v) is 1.63. The minimum atomic E-state index is 0.0185. The number of aliphatic hydroxyl groups excluding tert-OH is 1. The van der Waals surface area contributed by atoms with Crippen LogP contribution in [0.25, 0.3) is 0 Å². The largest absolute Gasteiger partial charge is 0.396 e. The molecule has 0 spiro atoms. The third-order valence-corrected chi connectivity index (χ3v) is 0.817. The normalized spacial score (nSPS) is 13.4. The van der Waals surface area contributed by atoms with Crippen molar-refractivity contribution >= 4 is 6.29 Å². The molecule has 0 unspecified atom stereocenters. The van der Waals surface area contributed by atoms with Gasteiger partial charge >= 0.3 is 0 Å². The van der Waals surface area contributed by atoms with E-state index in [1.54, 1.807) is 6.92 Å². The summed E-state index contributed by atoms with van der Waals surface area (Å²) >= 11 is 0. The van der Waals surface area contributed by atoms with E-state index in [4.69, 9.17) is 5.11 Å². The molecule has 2 heteroatoms. The highest BCUT2D eigenvalue weighted by molar-refractivity contribution is 5.52. The van der Waals surface area contributed by atoms with Gasteiger partial charge in [-0.3, -0.25) is 0 Å². The first-order chi connectivity index (χ1) is 3.31. The van der Waals surface area contributed by atoms with Crippen molar-refractivity contribution in [3.8, 4) is 0 Å². The number of hydrogen-bond donors (Lipinski definition) is 1. The van der Waals surface area contributed by atoms with E-state index in [0.29, 0.717) is 6.42 Å². The fourth-order valence-electron chi connectivity index (χ4n) is 0.272. The number of hydrogen-bond acceptors (Lipinski definition) is 2. The lowest BCUT2D eigenvalue weighted by Gasteiger charge is -1.94. The van der Waals surface area contributed by atoms with E-state index >= 15 is 0 Å². The van der Waals surface area contributed by atoms with Crippen molar-refractivity contribution in [2.45, 2.75) is 13.3 Å². The fourth-order valence-corrected chi connectivity index (χ4v) is 0.272. The second-order valence-electron chi connectivity index (χ2n) is 1.63. The van der Waals surface area contributed by atoms with Gasteiger partial charge in [0.15, 0.2) is 0 Å². The molecule has 42 valence electrons. The summed E-state index contributed by atoms with van der Waals surface area (Å²) in [6.07, 6.45) is 1.43. The summed E-state index contributed by atoms with van der Waals surface area (Å²) in [7, 11) is 0. The Morgan fingerprint density at radius 1 is 1.86 bits per heavy atom. The molecule has 0 aromatic heterocycles. The van der Waals surface area contributed by atoms with Crippen molar-refractivity contribution in [2.75, 3.05) is 6.61 Å². The predicted octanol–water partition coefficient (Wildman–Crippen LogP) is 0.204. The molecule has 7 heavy (non-hydrogen) atoms. The number of aldehydes is 1. The zero-order valence-electron chi connectivity index (χ0n) is 4.42. The molecule has 0 aliphatic carbocycles. The van der Waals surface area contributed by atoms with E-state index in [2.05, 4.69) is 0 Å². The highest BCUT2D eigenvalue weighted by Crippen LogP contribution is 1.92. The van der Waals surface area contributed by atoms with Gasteiger partial charge in [0, 0.05) is 12.5 Å². The van der Waals surface area contributed by atoms with Crippen molar-refractivity contribution in [3.05, 3.63) is 0 Å². The molecule has 0 bridgehead atoms. The van der Waals surface area contributed by atoms with Crippen LogP contribution in [0.15, 0.2) is 0 Å². The Labute approximate surface area is 43.2 Å². The quantitative estimate of drug-likeness (QED) is 0.517. The van der Waals surface area contributed by atoms with E-state index in [0.717, 1.165) is 6.29 Å². The minimum Gasteiger partial charge on any atom is -0.396 e. The molecule has 0 aromatic rings. The zero-order chi connectivity index (χ0) is 5.70. The average Bonchev–Trinajstić information content (AvgIpc) is 1.68. The SMILES string of the molecule is C[C@H](C=O)CCO. The highest BCUT2D eigenvalue weighted by Gasteiger charge is 1.94. The van der Waals surface area contributed by atoms with Crippen molar-refractivity contribution in [1.29, 1.82) is 0 Å². The third-order valence-electron chi connectivity index (χ3n) is 0.817. The summed E-state index contributed by atoms with van der Waals surface area (Å²) in [5.74, 6) is 0.0185. The molecule has 1 N–H and O–H groups in total. The molecule has 0 aliphatic rings. The predicted molar refractivity (Wildman–Crippen MR) is 26.9 cm³/mol. The van der Waals surface area contributed by atoms with Crippen LogP contribution in [0.1, 0.15) is 13.3 Å². The van der Waals surface area contributed by atoms with E-state index in [9.17, 15) is 4.79 Å². The maximum atomic E-state index is 9.78. The van der Waals surface area contributed by atoms with Crippen LogP contribution in [-0.2, 0) is 4.79 Å². The first-order valence-electron chi connectivity index (χ1n) is 2.37. The van der Waals surface area contributed by atoms with Crippen LogP contribution >= 0.6 is 0 Å². The molecule has 0 aliphatic heterocycles. The van der Waals surface area contributed by atoms with Crippen molar-refractivity contribution in [1.82, 2.24) is 0 Å². The Balaban J connectivity index is 2.98. The van der Waals surface area contributed by atoms with Gasteiger partial charge in [0.05, 0.1) is 0 Å². The summed E-state index contributed by atoms with van der Waals surface area (Å²) in [6, 6.07) is 0. The summed E-state index contributed by atoms with van der Waals surface area (Å²) in [6.45, 7) is 1.89. The van der Waals surface area contributed by atoms with Gasteiger partial charge in [0.25, 0.3) is 0 Å². The molecule has 0 amide bonds. The number of rotatable bonds is 3. The summed E-state index contributed by atoms with van der Waals surface area (Å²) < 4.78 is 0. The molecular formula is C5H10O2. The average molecular weight is 102 g/mol. The van der Waals surface area contributed by atoms with Gasteiger partial charge in [0.1, 0.15) is 6.29 Å². The first kappa shape index (κ1) is 6.63. The van der Waals surface area contributed by atoms with Gasteiger partial charge in [0.2, 0.25) is 0 Å². The molecule has 0 rings (SSSR count). The minimum absolute atomic E-state index is 0.0185. The Bertz CT molecular complexity index is 52.0. The molecule has 0 heterocycles. The van der Waals surface area contributed by atoms with Gasteiger partial charge in [-0.1, -0.05) is 6.92 Å². The van der Waals surface area contributed by atoms with Crippen LogP contribution in [0.3, 0.4) is 0 Å². The van der Waals surface area contributed by atoms with E-state index in [1.165, 1.54) is 0 Å². The van der Waals surface area contributed by atoms with Gasteiger partial charge in [-0.15, -0.1) is 0 Å². The molecule has 0 saturated heterocycles. The molecule has 0 saturated carbocycles. The van der Waals surface area contributed by atoms with Crippen molar-refractivity contribution < 1.29 is 9.90 Å². The van der Waals surface area contributed by atoms with Crippen LogP contribution in [-0.4, -0.2) is 18.0 Å². The van der Waals surface area contributed by atoms with Crippen LogP contribution in [0.4, 0.5) is 0 Å². The lowest BCUT2D eigenvalue weighted by Crippen LogP contribution is -1.97. The topological polar surface area (TPSA) is 37.3 Å². The highest BCUT2D eigenvalue weighted by atomic mass is 16.3. The first-order valence-corrected chi connectivity index (χ1v) is 2.37. The zero-order valence-corrected chi connectivity index (χ0v) is 4.42. The summed E-state index contributed by atoms with van der Waals surface area (Å²) in [5.41, 5.74) is 0. The summed E-state index contributed by atoms with van der Waals surface area (Å²) in [5, 5.41) is 8.21. The van der Waals surface area contributed by atoms with Crippen LogP contribution in [0.2, 0.25) is 0 Å². The molecule has 0 aromatic carbocycles. The van der Waals surface area contributed by atoms with Gasteiger partial charge in [-0.05, 0) is 6.42 Å². The maximum Gasteiger partial charge on any atom is 0.122 e. The maximum absolute atomic E-state index is 9.78. The monoisotopic (exact) mass is 102 g/mol. The standard InChI is InChI=1S/C5H10O2/c1-5(4-7)2-3-6/h4-6H,2-3H2,1H3/t5-/m0/s1. The molecular weight excluding hydrogens is 92.1 g/mol. The van der Waals surface area contributed by atoms with Crippen LogP contribution < -0.4 is 0 Å². The molecule has 0 fully saturated rings. The van der Waals surface area contributed by atoms with E-state index in [1.807, 2.05) is 0 Å². The molecule has 1 atom stereocenters. The Hall–Kier alpha value is -0.370. The molecule has 0 radical (unpaired) electrons. The molecule has 2 nitrogen and oxygen atoms in total. The second kappa shape index (κ2) is 3.81. The number of carbonyl (C=O) groups is 1. The van der Waals surface area contributed by atoms with E-state index in [-0.39, 0.29) is 12.5 Å². The van der Waals surface area contributed by atoms with Crippen LogP contribution in [0.5, 0.6) is 0 Å². The van der Waals surface area contributed by atoms with E-state index < -0.39 is 0 Å². The Morgan fingerprint density at radius 2 is 2.43 bits per heavy atom. The van der Waals surface area contributed by atoms with Gasteiger partial charge in [-0.2, -0.15) is 0 Å². The fraction of sp³-hybridized carbons (Fsp3) is 0.800. The number of carbonyl (C=O) groups excluding carboxylic acids is 1.